The van der Waals surface area contributed by atoms with Gasteiger partial charge in [-0.3, -0.25) is 9.59 Å². The van der Waals surface area contributed by atoms with Crippen LogP contribution in [-0.2, 0) is 11.3 Å². The van der Waals surface area contributed by atoms with E-state index in [-0.39, 0.29) is 11.5 Å². The molecule has 1 fully saturated rings. The number of rotatable bonds is 6. The lowest BCUT2D eigenvalue weighted by molar-refractivity contribution is -0.131. The minimum Gasteiger partial charge on any atom is -0.348 e. The largest absolute Gasteiger partial charge is 0.348 e. The zero-order chi connectivity index (χ0) is 18.5. The van der Waals surface area contributed by atoms with Gasteiger partial charge in [0.05, 0.1) is 11.0 Å². The zero-order valence-electron chi connectivity index (χ0n) is 15.8. The van der Waals surface area contributed by atoms with Gasteiger partial charge in [0.15, 0.2) is 5.82 Å². The van der Waals surface area contributed by atoms with Crippen molar-refractivity contribution in [2.75, 3.05) is 31.1 Å². The number of nitrogens with zero attached hydrogens (tertiary/aromatic N) is 4. The molecule has 0 atom stereocenters. The van der Waals surface area contributed by atoms with Crippen molar-refractivity contribution < 1.29 is 4.79 Å². The normalized spacial score (nSPS) is 14.8. The minimum absolute atomic E-state index is 0.0312. The predicted octanol–water partition coefficient (Wildman–Crippen LogP) is 2.65. The van der Waals surface area contributed by atoms with E-state index in [1.807, 2.05) is 38.6 Å². The monoisotopic (exact) mass is 356 g/mol. The summed E-state index contributed by atoms with van der Waals surface area (Å²) in [5.41, 5.74) is 1.70. The van der Waals surface area contributed by atoms with Crippen molar-refractivity contribution in [3.8, 4) is 0 Å². The van der Waals surface area contributed by atoms with Crippen LogP contribution in [0.2, 0.25) is 0 Å². The lowest BCUT2D eigenvalue weighted by Gasteiger charge is -2.35. The first kappa shape index (κ1) is 18.4. The Morgan fingerprint density at radius 3 is 2.50 bits per heavy atom. The van der Waals surface area contributed by atoms with Crippen LogP contribution in [-0.4, -0.2) is 46.5 Å². The van der Waals surface area contributed by atoms with Gasteiger partial charge in [0.2, 0.25) is 5.91 Å². The molecule has 6 nitrogen and oxygen atoms in total. The number of carbonyl (C=O) groups is 1. The first-order valence-electron chi connectivity index (χ1n) is 9.68. The summed E-state index contributed by atoms with van der Waals surface area (Å²) in [6.45, 7) is 7.48. The molecule has 0 unspecified atom stereocenters. The number of fused-ring (bicyclic) bond motifs is 1. The molecule has 0 radical (unpaired) electrons. The van der Waals surface area contributed by atoms with E-state index in [1.54, 1.807) is 0 Å². The summed E-state index contributed by atoms with van der Waals surface area (Å²) in [5, 5.41) is 0. The second-order valence-corrected chi connectivity index (χ2v) is 6.85. The molecule has 0 spiro atoms. The van der Waals surface area contributed by atoms with E-state index >= 15 is 0 Å². The highest BCUT2D eigenvalue weighted by molar-refractivity contribution is 5.77. The third-order valence-corrected chi connectivity index (χ3v) is 4.96. The minimum atomic E-state index is -0.0312. The number of benzene rings is 1. The summed E-state index contributed by atoms with van der Waals surface area (Å²) < 4.78 is 1.83. The van der Waals surface area contributed by atoms with Gasteiger partial charge < -0.3 is 14.4 Å². The molecule has 0 aliphatic carbocycles. The van der Waals surface area contributed by atoms with Crippen LogP contribution in [0.5, 0.6) is 0 Å². The van der Waals surface area contributed by atoms with E-state index in [0.717, 1.165) is 30.3 Å². The number of unbranched alkanes of at least 4 members (excludes halogenated alkanes) is 1. The Kier molecular flexibility index (Phi) is 5.91. The fourth-order valence-corrected chi connectivity index (χ4v) is 3.48. The number of piperazine rings is 1. The highest BCUT2D eigenvalue weighted by Crippen LogP contribution is 2.17. The molecule has 1 saturated heterocycles. The first-order valence-corrected chi connectivity index (χ1v) is 9.68. The third kappa shape index (κ3) is 3.74. The Hall–Kier alpha value is -2.37. The fraction of sp³-hybridized carbons (Fsp3) is 0.550. The number of aryl methyl sites for hydroxylation is 1. The average molecular weight is 356 g/mol. The van der Waals surface area contributed by atoms with Crippen molar-refractivity contribution in [2.24, 2.45) is 0 Å². The lowest BCUT2D eigenvalue weighted by Crippen LogP contribution is -2.50. The number of hydrogen-bond donors (Lipinski definition) is 0. The van der Waals surface area contributed by atoms with Crippen LogP contribution >= 0.6 is 0 Å². The van der Waals surface area contributed by atoms with Crippen LogP contribution in [0, 0.1) is 0 Å². The fourth-order valence-electron chi connectivity index (χ4n) is 3.48. The van der Waals surface area contributed by atoms with Crippen LogP contribution in [0.1, 0.15) is 39.5 Å². The average Bonchev–Trinajstić information content (AvgIpc) is 2.68. The Morgan fingerprint density at radius 2 is 1.81 bits per heavy atom. The van der Waals surface area contributed by atoms with Gasteiger partial charge in [-0.05, 0) is 25.0 Å². The standard InChI is InChI=1S/C20H28N4O2/c1-3-5-10-18(25)22-12-14-23(15-13-22)19-20(26)24(11-4-2)17-9-7-6-8-16(17)21-19/h6-9H,3-5,10-15H2,1-2H3. The maximum atomic E-state index is 13.0. The van der Waals surface area contributed by atoms with Gasteiger partial charge in [0, 0.05) is 39.1 Å². The summed E-state index contributed by atoms with van der Waals surface area (Å²) >= 11 is 0. The van der Waals surface area contributed by atoms with Crippen molar-refractivity contribution in [1.82, 2.24) is 14.5 Å². The number of aromatic nitrogens is 2. The third-order valence-electron chi connectivity index (χ3n) is 4.96. The topological polar surface area (TPSA) is 58.4 Å². The van der Waals surface area contributed by atoms with Gasteiger partial charge >= 0.3 is 0 Å². The van der Waals surface area contributed by atoms with E-state index in [9.17, 15) is 9.59 Å². The van der Waals surface area contributed by atoms with Crippen LogP contribution in [0.15, 0.2) is 29.1 Å². The van der Waals surface area contributed by atoms with Gasteiger partial charge in [-0.2, -0.15) is 0 Å². The SMILES string of the molecule is CCCCC(=O)N1CCN(c2nc3ccccc3n(CCC)c2=O)CC1. The summed E-state index contributed by atoms with van der Waals surface area (Å²) in [6.07, 6.45) is 3.48. The van der Waals surface area contributed by atoms with E-state index < -0.39 is 0 Å². The molecule has 0 N–H and O–H groups in total. The highest BCUT2D eigenvalue weighted by atomic mass is 16.2. The van der Waals surface area contributed by atoms with Gasteiger partial charge in [-0.15, -0.1) is 0 Å². The van der Waals surface area contributed by atoms with Gasteiger partial charge in [-0.25, -0.2) is 4.98 Å². The molecule has 3 rings (SSSR count). The molecule has 6 heteroatoms. The molecule has 2 aromatic rings. The smallest absolute Gasteiger partial charge is 0.294 e. The summed E-state index contributed by atoms with van der Waals surface area (Å²) in [5.74, 6) is 0.735. The molecule has 1 aliphatic heterocycles. The van der Waals surface area contributed by atoms with Gasteiger partial charge in [0.1, 0.15) is 0 Å². The molecule has 140 valence electrons. The van der Waals surface area contributed by atoms with Crippen molar-refractivity contribution in [3.63, 3.8) is 0 Å². The molecule has 1 aliphatic rings. The molecule has 1 aromatic heterocycles. The molecular weight excluding hydrogens is 328 g/mol. The Bertz CT molecular complexity index is 822. The van der Waals surface area contributed by atoms with E-state index in [0.29, 0.717) is 45.0 Å². The molecule has 2 heterocycles. The molecule has 0 bridgehead atoms. The second-order valence-electron chi connectivity index (χ2n) is 6.85. The zero-order valence-corrected chi connectivity index (χ0v) is 15.8. The summed E-state index contributed by atoms with van der Waals surface area (Å²) in [4.78, 5) is 33.8. The number of carbonyl (C=O) groups excluding carboxylic acids is 1. The van der Waals surface area contributed by atoms with Gasteiger partial charge in [0.25, 0.3) is 5.56 Å². The quantitative estimate of drug-likeness (QED) is 0.798. The van der Waals surface area contributed by atoms with Crippen molar-refractivity contribution in [2.45, 2.75) is 46.1 Å². The number of para-hydroxylation sites is 2. The van der Waals surface area contributed by atoms with Crippen LogP contribution in [0.25, 0.3) is 11.0 Å². The molecule has 26 heavy (non-hydrogen) atoms. The van der Waals surface area contributed by atoms with Crippen molar-refractivity contribution in [1.29, 1.82) is 0 Å². The number of hydrogen-bond acceptors (Lipinski definition) is 4. The number of anilines is 1. The Morgan fingerprint density at radius 1 is 1.08 bits per heavy atom. The first-order chi connectivity index (χ1) is 12.7. The molecule has 1 aromatic carbocycles. The van der Waals surface area contributed by atoms with Crippen molar-refractivity contribution >= 4 is 22.8 Å². The molecular formula is C20H28N4O2. The molecule has 0 saturated carbocycles. The van der Waals surface area contributed by atoms with Crippen molar-refractivity contribution in [3.05, 3.63) is 34.6 Å². The summed E-state index contributed by atoms with van der Waals surface area (Å²) in [6, 6.07) is 7.79. The summed E-state index contributed by atoms with van der Waals surface area (Å²) in [7, 11) is 0. The molecule has 1 amide bonds. The highest BCUT2D eigenvalue weighted by Gasteiger charge is 2.24. The van der Waals surface area contributed by atoms with Crippen LogP contribution in [0.4, 0.5) is 5.82 Å². The van der Waals surface area contributed by atoms with E-state index in [4.69, 9.17) is 0 Å². The predicted molar refractivity (Wildman–Crippen MR) is 105 cm³/mol. The second kappa shape index (κ2) is 8.34. The van der Waals surface area contributed by atoms with E-state index in [1.165, 1.54) is 0 Å². The van der Waals surface area contributed by atoms with E-state index in [2.05, 4.69) is 18.8 Å². The van der Waals surface area contributed by atoms with Crippen LogP contribution in [0.3, 0.4) is 0 Å². The maximum absolute atomic E-state index is 13.0. The Labute approximate surface area is 154 Å². The number of amides is 1. The Balaban J connectivity index is 1.82. The lowest BCUT2D eigenvalue weighted by atomic mass is 10.2. The van der Waals surface area contributed by atoms with Crippen LogP contribution < -0.4 is 10.5 Å². The maximum Gasteiger partial charge on any atom is 0.294 e. The van der Waals surface area contributed by atoms with Gasteiger partial charge in [-0.1, -0.05) is 32.4 Å².